The maximum Gasteiger partial charge on any atom is 0.0615 e. The predicted octanol–water partition coefficient (Wildman–Crippen LogP) is 3.09. The first-order valence-electron chi connectivity index (χ1n) is 6.82. The monoisotopic (exact) mass is 284 g/mol. The SMILES string of the molecule is CCN(CCC(N)c1ccc(Cl)cc1)C(C)COC. The van der Waals surface area contributed by atoms with E-state index >= 15 is 0 Å². The summed E-state index contributed by atoms with van der Waals surface area (Å²) in [5, 5.41) is 0.750. The minimum absolute atomic E-state index is 0.0565. The predicted molar refractivity (Wildman–Crippen MR) is 81.6 cm³/mol. The number of hydrogen-bond acceptors (Lipinski definition) is 3. The third-order valence-electron chi connectivity index (χ3n) is 3.46. The number of nitrogens with two attached hydrogens (primary N) is 1. The Labute approximate surface area is 121 Å². The Balaban J connectivity index is 2.47. The number of benzene rings is 1. The van der Waals surface area contributed by atoms with Crippen LogP contribution in [-0.4, -0.2) is 37.7 Å². The van der Waals surface area contributed by atoms with E-state index in [0.717, 1.165) is 36.7 Å². The Kier molecular flexibility index (Phi) is 7.39. The molecule has 0 saturated heterocycles. The van der Waals surface area contributed by atoms with Crippen LogP contribution >= 0.6 is 11.6 Å². The van der Waals surface area contributed by atoms with Crippen molar-refractivity contribution in [1.29, 1.82) is 0 Å². The first-order valence-corrected chi connectivity index (χ1v) is 7.20. The lowest BCUT2D eigenvalue weighted by molar-refractivity contribution is 0.101. The first-order chi connectivity index (χ1) is 9.08. The molecule has 0 bridgehead atoms. The van der Waals surface area contributed by atoms with Gasteiger partial charge >= 0.3 is 0 Å². The van der Waals surface area contributed by atoms with Crippen LogP contribution in [0.5, 0.6) is 0 Å². The Bertz CT molecular complexity index is 356. The fourth-order valence-electron chi connectivity index (χ4n) is 2.22. The van der Waals surface area contributed by atoms with Gasteiger partial charge in [-0.05, 0) is 37.6 Å². The topological polar surface area (TPSA) is 38.5 Å². The number of hydrogen-bond donors (Lipinski definition) is 1. The average Bonchev–Trinajstić information content (AvgIpc) is 2.40. The second-order valence-corrected chi connectivity index (χ2v) is 5.32. The average molecular weight is 285 g/mol. The lowest BCUT2D eigenvalue weighted by Gasteiger charge is -2.28. The largest absolute Gasteiger partial charge is 0.383 e. The molecular formula is C15H25ClN2O. The van der Waals surface area contributed by atoms with Gasteiger partial charge in [0.05, 0.1) is 6.61 Å². The third kappa shape index (κ3) is 5.49. The van der Waals surface area contributed by atoms with Gasteiger partial charge in [-0.1, -0.05) is 30.7 Å². The molecule has 4 heteroatoms. The quantitative estimate of drug-likeness (QED) is 0.797. The van der Waals surface area contributed by atoms with Crippen LogP contribution < -0.4 is 5.73 Å². The van der Waals surface area contributed by atoms with Gasteiger partial charge in [0.2, 0.25) is 0 Å². The highest BCUT2D eigenvalue weighted by molar-refractivity contribution is 6.30. The molecule has 0 radical (unpaired) electrons. The van der Waals surface area contributed by atoms with Crippen molar-refractivity contribution >= 4 is 11.6 Å². The molecule has 108 valence electrons. The summed E-state index contributed by atoms with van der Waals surface area (Å²) < 4.78 is 5.20. The lowest BCUT2D eigenvalue weighted by Crippen LogP contribution is -2.37. The molecule has 1 aromatic rings. The molecule has 0 aliphatic carbocycles. The molecule has 0 aliphatic heterocycles. The van der Waals surface area contributed by atoms with Crippen LogP contribution in [0.15, 0.2) is 24.3 Å². The summed E-state index contributed by atoms with van der Waals surface area (Å²) in [5.74, 6) is 0. The van der Waals surface area contributed by atoms with Crippen LogP contribution in [0.25, 0.3) is 0 Å². The molecule has 1 rings (SSSR count). The summed E-state index contributed by atoms with van der Waals surface area (Å²) in [6, 6.07) is 8.27. The lowest BCUT2D eigenvalue weighted by atomic mass is 10.0. The standard InChI is InChI=1S/C15H25ClN2O/c1-4-18(12(2)11-19-3)10-9-15(17)13-5-7-14(16)8-6-13/h5-8,12,15H,4,9-11,17H2,1-3H3. The summed E-state index contributed by atoms with van der Waals surface area (Å²) >= 11 is 5.88. The van der Waals surface area contributed by atoms with Crippen molar-refractivity contribution in [1.82, 2.24) is 4.90 Å². The van der Waals surface area contributed by atoms with E-state index in [1.165, 1.54) is 0 Å². The molecule has 2 unspecified atom stereocenters. The molecule has 0 fully saturated rings. The minimum Gasteiger partial charge on any atom is -0.383 e. The van der Waals surface area contributed by atoms with Crippen LogP contribution in [0, 0.1) is 0 Å². The highest BCUT2D eigenvalue weighted by atomic mass is 35.5. The van der Waals surface area contributed by atoms with Gasteiger partial charge < -0.3 is 10.5 Å². The van der Waals surface area contributed by atoms with E-state index in [2.05, 4.69) is 18.7 Å². The summed E-state index contributed by atoms with van der Waals surface area (Å²) in [6.07, 6.45) is 0.934. The molecule has 0 saturated carbocycles. The Morgan fingerprint density at radius 1 is 1.32 bits per heavy atom. The number of likely N-dealkylation sites (N-methyl/N-ethyl adjacent to an activating group) is 1. The molecule has 19 heavy (non-hydrogen) atoms. The zero-order chi connectivity index (χ0) is 14.3. The Hall–Kier alpha value is -0.610. The maximum absolute atomic E-state index is 6.22. The van der Waals surface area contributed by atoms with Gasteiger partial charge in [-0.3, -0.25) is 4.90 Å². The first kappa shape index (κ1) is 16.4. The van der Waals surface area contributed by atoms with E-state index in [-0.39, 0.29) is 6.04 Å². The molecule has 0 aliphatic rings. The molecule has 0 amide bonds. The summed E-state index contributed by atoms with van der Waals surface area (Å²) in [7, 11) is 1.74. The van der Waals surface area contributed by atoms with Gasteiger partial charge in [-0.15, -0.1) is 0 Å². The fourth-order valence-corrected chi connectivity index (χ4v) is 2.34. The van der Waals surface area contributed by atoms with E-state index in [1.807, 2.05) is 24.3 Å². The molecule has 0 aromatic heterocycles. The van der Waals surface area contributed by atoms with Gasteiger partial charge in [-0.25, -0.2) is 0 Å². The highest BCUT2D eigenvalue weighted by Gasteiger charge is 2.14. The van der Waals surface area contributed by atoms with Crippen molar-refractivity contribution in [2.75, 3.05) is 26.8 Å². The molecule has 0 heterocycles. The van der Waals surface area contributed by atoms with E-state index in [1.54, 1.807) is 7.11 Å². The van der Waals surface area contributed by atoms with E-state index in [0.29, 0.717) is 6.04 Å². The summed E-state index contributed by atoms with van der Waals surface area (Å²) in [6.45, 7) is 7.09. The van der Waals surface area contributed by atoms with E-state index < -0.39 is 0 Å². The van der Waals surface area contributed by atoms with Gasteiger partial charge in [-0.2, -0.15) is 0 Å². The van der Waals surface area contributed by atoms with Gasteiger partial charge in [0, 0.05) is 30.8 Å². The second-order valence-electron chi connectivity index (χ2n) is 4.88. The van der Waals surface area contributed by atoms with Crippen molar-refractivity contribution < 1.29 is 4.74 Å². The van der Waals surface area contributed by atoms with Gasteiger partial charge in [0.25, 0.3) is 0 Å². The number of halogens is 1. The molecule has 3 nitrogen and oxygen atoms in total. The van der Waals surface area contributed by atoms with Gasteiger partial charge in [0.1, 0.15) is 0 Å². The number of nitrogens with zero attached hydrogens (tertiary/aromatic N) is 1. The zero-order valence-electron chi connectivity index (χ0n) is 12.1. The van der Waals surface area contributed by atoms with Crippen molar-refractivity contribution in [3.05, 3.63) is 34.9 Å². The van der Waals surface area contributed by atoms with Crippen molar-refractivity contribution in [2.45, 2.75) is 32.4 Å². The van der Waals surface area contributed by atoms with Gasteiger partial charge in [0.15, 0.2) is 0 Å². The molecule has 1 aromatic carbocycles. The van der Waals surface area contributed by atoms with Crippen molar-refractivity contribution in [3.8, 4) is 0 Å². The van der Waals surface area contributed by atoms with E-state index in [9.17, 15) is 0 Å². The Morgan fingerprint density at radius 3 is 2.47 bits per heavy atom. The minimum atomic E-state index is 0.0565. The molecule has 2 atom stereocenters. The Morgan fingerprint density at radius 2 is 1.95 bits per heavy atom. The van der Waals surface area contributed by atoms with Crippen LogP contribution in [0.2, 0.25) is 5.02 Å². The normalized spacial score (nSPS) is 14.6. The van der Waals surface area contributed by atoms with Crippen LogP contribution in [0.1, 0.15) is 31.9 Å². The number of rotatable bonds is 8. The number of methoxy groups -OCH3 is 1. The number of ether oxygens (including phenoxy) is 1. The van der Waals surface area contributed by atoms with Crippen molar-refractivity contribution in [3.63, 3.8) is 0 Å². The van der Waals surface area contributed by atoms with Crippen LogP contribution in [0.4, 0.5) is 0 Å². The summed E-state index contributed by atoms with van der Waals surface area (Å²) in [5.41, 5.74) is 7.36. The van der Waals surface area contributed by atoms with Crippen LogP contribution in [-0.2, 0) is 4.74 Å². The molecule has 0 spiro atoms. The molecule has 2 N–H and O–H groups in total. The third-order valence-corrected chi connectivity index (χ3v) is 3.71. The molecular weight excluding hydrogens is 260 g/mol. The van der Waals surface area contributed by atoms with Crippen LogP contribution in [0.3, 0.4) is 0 Å². The fraction of sp³-hybridized carbons (Fsp3) is 0.600. The van der Waals surface area contributed by atoms with E-state index in [4.69, 9.17) is 22.1 Å². The smallest absolute Gasteiger partial charge is 0.0615 e. The summed E-state index contributed by atoms with van der Waals surface area (Å²) in [4.78, 5) is 2.39. The second kappa shape index (κ2) is 8.54. The van der Waals surface area contributed by atoms with Crippen molar-refractivity contribution in [2.24, 2.45) is 5.73 Å². The zero-order valence-corrected chi connectivity index (χ0v) is 12.9. The highest BCUT2D eigenvalue weighted by Crippen LogP contribution is 2.18. The maximum atomic E-state index is 6.22.